The zero-order chi connectivity index (χ0) is 8.36. The van der Waals surface area contributed by atoms with E-state index in [1.54, 1.807) is 12.3 Å². The highest BCUT2D eigenvalue weighted by atomic mass is 14.7. The minimum Gasteiger partial charge on any atom is -0.327 e. The smallest absolute Gasteiger partial charge is 0.0392 e. The fourth-order valence-corrected chi connectivity index (χ4v) is 0.664. The van der Waals surface area contributed by atoms with Crippen molar-refractivity contribution in [1.82, 2.24) is 0 Å². The van der Waals surface area contributed by atoms with Gasteiger partial charge in [0.25, 0.3) is 0 Å². The molecular weight excluding hydrogens is 136 g/mol. The maximum absolute atomic E-state index is 5.26. The predicted octanol–water partition coefficient (Wildman–Crippen LogP) is 1.54. The molecule has 0 radical (unpaired) electrons. The van der Waals surface area contributed by atoms with Crippen LogP contribution in [0.1, 0.15) is 12.8 Å². The Hall–Kier alpha value is -0.890. The number of unbranched alkanes of at least 4 members (excludes halogenated alkanes) is 1. The molecule has 0 fully saturated rings. The van der Waals surface area contributed by atoms with Gasteiger partial charge in [-0.25, -0.2) is 0 Å². The van der Waals surface area contributed by atoms with E-state index in [-0.39, 0.29) is 0 Å². The first-order valence-corrected chi connectivity index (χ1v) is 3.87. The second kappa shape index (κ2) is 9.11. The summed E-state index contributed by atoms with van der Waals surface area (Å²) in [5.74, 6) is 0. The van der Waals surface area contributed by atoms with Crippen LogP contribution < -0.4 is 5.73 Å². The van der Waals surface area contributed by atoms with Crippen molar-refractivity contribution in [1.29, 1.82) is 0 Å². The van der Waals surface area contributed by atoms with Gasteiger partial charge in [0.15, 0.2) is 0 Å². The van der Waals surface area contributed by atoms with E-state index in [9.17, 15) is 0 Å². The third-order valence-corrected chi connectivity index (χ3v) is 1.17. The second-order valence-electron chi connectivity index (χ2n) is 2.14. The Labute approximate surface area is 68.5 Å². The molecule has 0 aromatic heterocycles. The van der Waals surface area contributed by atoms with Gasteiger partial charge < -0.3 is 5.73 Å². The van der Waals surface area contributed by atoms with Crippen LogP contribution in [0.5, 0.6) is 0 Å². The van der Waals surface area contributed by atoms with Gasteiger partial charge in [-0.05, 0) is 12.8 Å². The second-order valence-corrected chi connectivity index (χ2v) is 2.14. The summed E-state index contributed by atoms with van der Waals surface area (Å²) in [7, 11) is 0. The van der Waals surface area contributed by atoms with Crippen molar-refractivity contribution in [3.63, 3.8) is 0 Å². The standard InChI is InChI=1S/C9H16N2/c1-2-8-11-9-6-4-3-5-7-10/h2-3,5,8H,1,4,6-7,9-10H2/b5-3-,11-8?. The number of aliphatic imine (C=N–C) groups is 1. The van der Waals surface area contributed by atoms with Crippen LogP contribution in [-0.4, -0.2) is 19.3 Å². The van der Waals surface area contributed by atoms with Crippen LogP contribution in [-0.2, 0) is 0 Å². The Morgan fingerprint density at radius 1 is 1.36 bits per heavy atom. The summed E-state index contributed by atoms with van der Waals surface area (Å²) in [5, 5.41) is 0. The van der Waals surface area contributed by atoms with E-state index in [4.69, 9.17) is 5.73 Å². The molecule has 0 atom stereocenters. The predicted molar refractivity (Wildman–Crippen MR) is 51.0 cm³/mol. The van der Waals surface area contributed by atoms with Gasteiger partial charge in [0.1, 0.15) is 0 Å². The van der Waals surface area contributed by atoms with Gasteiger partial charge in [0.05, 0.1) is 0 Å². The van der Waals surface area contributed by atoms with E-state index in [1.165, 1.54) is 0 Å². The van der Waals surface area contributed by atoms with Gasteiger partial charge in [-0.2, -0.15) is 0 Å². The maximum Gasteiger partial charge on any atom is 0.0392 e. The quantitative estimate of drug-likeness (QED) is 0.350. The number of rotatable bonds is 6. The van der Waals surface area contributed by atoms with Crippen molar-refractivity contribution in [3.8, 4) is 0 Å². The summed E-state index contributed by atoms with van der Waals surface area (Å²) >= 11 is 0. The average Bonchev–Trinajstić information content (AvgIpc) is 2.03. The Bertz CT molecular complexity index is 136. The molecule has 0 saturated heterocycles. The lowest BCUT2D eigenvalue weighted by Crippen LogP contribution is -1.92. The molecule has 0 rings (SSSR count). The molecule has 2 N–H and O–H groups in total. The molecule has 0 bridgehead atoms. The fraction of sp³-hybridized carbons (Fsp3) is 0.444. The molecule has 0 aromatic rings. The third-order valence-electron chi connectivity index (χ3n) is 1.17. The summed E-state index contributed by atoms with van der Waals surface area (Å²) in [4.78, 5) is 4.08. The largest absolute Gasteiger partial charge is 0.327 e. The Morgan fingerprint density at radius 3 is 2.82 bits per heavy atom. The van der Waals surface area contributed by atoms with E-state index < -0.39 is 0 Å². The first-order chi connectivity index (χ1) is 5.41. The van der Waals surface area contributed by atoms with E-state index in [0.717, 1.165) is 19.4 Å². The number of hydrogen-bond acceptors (Lipinski definition) is 2. The van der Waals surface area contributed by atoms with Crippen molar-refractivity contribution >= 4 is 6.21 Å². The summed E-state index contributed by atoms with van der Waals surface area (Å²) < 4.78 is 0. The molecule has 2 nitrogen and oxygen atoms in total. The van der Waals surface area contributed by atoms with Crippen LogP contribution in [0.4, 0.5) is 0 Å². The maximum atomic E-state index is 5.26. The molecular formula is C9H16N2. The topological polar surface area (TPSA) is 38.4 Å². The molecule has 0 aromatic carbocycles. The SMILES string of the molecule is C=CC=NCCC/C=C\CN. The number of hydrogen-bond donors (Lipinski definition) is 1. The lowest BCUT2D eigenvalue weighted by atomic mass is 10.3. The van der Waals surface area contributed by atoms with E-state index in [1.807, 2.05) is 6.08 Å². The van der Waals surface area contributed by atoms with Crippen molar-refractivity contribution in [3.05, 3.63) is 24.8 Å². The number of nitrogens with zero attached hydrogens (tertiary/aromatic N) is 1. The number of allylic oxidation sites excluding steroid dienone is 2. The van der Waals surface area contributed by atoms with Crippen LogP contribution in [0.3, 0.4) is 0 Å². The van der Waals surface area contributed by atoms with E-state index >= 15 is 0 Å². The fourth-order valence-electron chi connectivity index (χ4n) is 0.664. The molecule has 0 saturated carbocycles. The van der Waals surface area contributed by atoms with Crippen molar-refractivity contribution in [2.24, 2.45) is 10.7 Å². The van der Waals surface area contributed by atoms with Crippen molar-refractivity contribution in [2.75, 3.05) is 13.1 Å². The van der Waals surface area contributed by atoms with Crippen LogP contribution >= 0.6 is 0 Å². The van der Waals surface area contributed by atoms with Gasteiger partial charge in [-0.1, -0.05) is 24.8 Å². The summed E-state index contributed by atoms with van der Waals surface area (Å²) in [6.07, 6.45) is 9.62. The Balaban J connectivity index is 3.08. The van der Waals surface area contributed by atoms with Crippen LogP contribution in [0.2, 0.25) is 0 Å². The summed E-state index contributed by atoms with van der Waals surface area (Å²) in [6.45, 7) is 5.04. The van der Waals surface area contributed by atoms with Gasteiger partial charge >= 0.3 is 0 Å². The number of nitrogens with two attached hydrogens (primary N) is 1. The Morgan fingerprint density at radius 2 is 2.18 bits per heavy atom. The van der Waals surface area contributed by atoms with Crippen molar-refractivity contribution < 1.29 is 0 Å². The van der Waals surface area contributed by atoms with Crippen LogP contribution in [0.25, 0.3) is 0 Å². The van der Waals surface area contributed by atoms with Gasteiger partial charge in [-0.15, -0.1) is 0 Å². The van der Waals surface area contributed by atoms with Crippen molar-refractivity contribution in [2.45, 2.75) is 12.8 Å². The molecule has 0 heterocycles. The van der Waals surface area contributed by atoms with E-state index in [0.29, 0.717) is 6.54 Å². The summed E-state index contributed by atoms with van der Waals surface area (Å²) in [6, 6.07) is 0. The molecule has 0 aliphatic heterocycles. The average molecular weight is 152 g/mol. The monoisotopic (exact) mass is 152 g/mol. The van der Waals surface area contributed by atoms with Gasteiger partial charge in [0, 0.05) is 19.3 Å². The third kappa shape index (κ3) is 9.11. The van der Waals surface area contributed by atoms with E-state index in [2.05, 4.69) is 17.6 Å². The lowest BCUT2D eigenvalue weighted by Gasteiger charge is -1.88. The molecule has 2 heteroatoms. The van der Waals surface area contributed by atoms with Crippen LogP contribution in [0, 0.1) is 0 Å². The molecule has 11 heavy (non-hydrogen) atoms. The normalized spacial score (nSPS) is 11.4. The van der Waals surface area contributed by atoms with Gasteiger partial charge in [-0.3, -0.25) is 4.99 Å². The molecule has 62 valence electrons. The van der Waals surface area contributed by atoms with Crippen LogP contribution in [0.15, 0.2) is 29.8 Å². The highest BCUT2D eigenvalue weighted by molar-refractivity contribution is 5.69. The highest BCUT2D eigenvalue weighted by Gasteiger charge is 1.78. The lowest BCUT2D eigenvalue weighted by molar-refractivity contribution is 0.857. The molecule has 0 amide bonds. The zero-order valence-electron chi connectivity index (χ0n) is 6.87. The molecule has 0 aliphatic carbocycles. The molecule has 0 aliphatic rings. The van der Waals surface area contributed by atoms with Gasteiger partial charge in [0.2, 0.25) is 0 Å². The minimum atomic E-state index is 0.635. The highest BCUT2D eigenvalue weighted by Crippen LogP contribution is 1.90. The molecule has 0 unspecified atom stereocenters. The first kappa shape index (κ1) is 10.1. The molecule has 0 spiro atoms. The summed E-state index contributed by atoms with van der Waals surface area (Å²) in [5.41, 5.74) is 5.26. The first-order valence-electron chi connectivity index (χ1n) is 3.87. The minimum absolute atomic E-state index is 0.635. The Kier molecular flexibility index (Phi) is 8.37. The zero-order valence-corrected chi connectivity index (χ0v) is 6.87.